The lowest BCUT2D eigenvalue weighted by molar-refractivity contribution is -0.384. The Morgan fingerprint density at radius 1 is 1.17 bits per heavy atom. The molecule has 0 radical (unpaired) electrons. The number of hydrogen-bond acceptors (Lipinski definition) is 7. The maximum Gasteiger partial charge on any atom is 0.338 e. The Morgan fingerprint density at radius 3 is 2.17 bits per heavy atom. The van der Waals surface area contributed by atoms with Crippen molar-refractivity contribution >= 4 is 17.6 Å². The van der Waals surface area contributed by atoms with E-state index >= 15 is 0 Å². The van der Waals surface area contributed by atoms with Gasteiger partial charge in [0.1, 0.15) is 0 Å². The van der Waals surface area contributed by atoms with Crippen LogP contribution >= 0.6 is 0 Å². The summed E-state index contributed by atoms with van der Waals surface area (Å²) >= 11 is 0. The van der Waals surface area contributed by atoms with E-state index in [2.05, 4.69) is 4.74 Å². The van der Waals surface area contributed by atoms with Crippen LogP contribution in [-0.4, -0.2) is 41.9 Å². The van der Waals surface area contributed by atoms with Crippen LogP contribution in [0.15, 0.2) is 18.2 Å². The first-order chi connectivity index (χ1) is 11.4. The zero-order chi connectivity index (χ0) is 18.1. The Balaban J connectivity index is 3.25. The summed E-state index contributed by atoms with van der Waals surface area (Å²) in [6.07, 6.45) is 0.103. The van der Waals surface area contributed by atoms with Crippen molar-refractivity contribution in [2.75, 3.05) is 20.2 Å². The number of nitrogens with zero attached hydrogens (tertiary/aromatic N) is 4. The van der Waals surface area contributed by atoms with E-state index in [1.54, 1.807) is 0 Å². The number of hydrogen-bond donors (Lipinski definition) is 0. The molecule has 0 spiro atoms. The number of nitriles is 2. The maximum atomic E-state index is 12.5. The molecule has 124 valence electrons. The lowest BCUT2D eigenvalue weighted by atomic mass is 10.1. The molecule has 0 N–H and O–H groups in total. The van der Waals surface area contributed by atoms with Crippen molar-refractivity contribution in [3.05, 3.63) is 39.4 Å². The molecule has 0 unspecified atom stereocenters. The van der Waals surface area contributed by atoms with Gasteiger partial charge in [-0.15, -0.1) is 0 Å². The van der Waals surface area contributed by atoms with E-state index in [9.17, 15) is 19.7 Å². The number of nitro groups is 1. The highest BCUT2D eigenvalue weighted by molar-refractivity contribution is 5.99. The predicted octanol–water partition coefficient (Wildman–Crippen LogP) is 1.65. The van der Waals surface area contributed by atoms with Crippen molar-refractivity contribution in [3.8, 4) is 12.1 Å². The molecule has 0 atom stereocenters. The second kappa shape index (κ2) is 8.86. The van der Waals surface area contributed by atoms with Gasteiger partial charge in [-0.1, -0.05) is 0 Å². The molecule has 0 heterocycles. The lowest BCUT2D eigenvalue weighted by Gasteiger charge is -2.20. The molecule has 1 rings (SSSR count). The first-order valence-electron chi connectivity index (χ1n) is 6.85. The molecular formula is C15H14N4O5. The van der Waals surface area contributed by atoms with E-state index < -0.39 is 22.5 Å². The predicted molar refractivity (Wildman–Crippen MR) is 80.8 cm³/mol. The minimum absolute atomic E-state index is 0.0515. The Morgan fingerprint density at radius 2 is 1.71 bits per heavy atom. The van der Waals surface area contributed by atoms with Gasteiger partial charge in [-0.2, -0.15) is 10.5 Å². The number of non-ortho nitro benzene ring substituents is 1. The van der Waals surface area contributed by atoms with E-state index in [0.29, 0.717) is 0 Å². The van der Waals surface area contributed by atoms with Crippen LogP contribution in [0.25, 0.3) is 0 Å². The first-order valence-corrected chi connectivity index (χ1v) is 6.85. The lowest BCUT2D eigenvalue weighted by Crippen LogP contribution is -2.33. The maximum absolute atomic E-state index is 12.5. The number of methoxy groups -OCH3 is 1. The van der Waals surface area contributed by atoms with Crippen molar-refractivity contribution in [3.63, 3.8) is 0 Å². The number of nitro benzene ring substituents is 1. The van der Waals surface area contributed by atoms with Gasteiger partial charge in [-0.05, 0) is 6.07 Å². The zero-order valence-corrected chi connectivity index (χ0v) is 12.9. The molecule has 9 heteroatoms. The number of carbonyl (C=O) groups excluding carboxylic acids is 2. The Bertz CT molecular complexity index is 714. The van der Waals surface area contributed by atoms with Crippen molar-refractivity contribution in [2.24, 2.45) is 0 Å². The average Bonchev–Trinajstić information content (AvgIpc) is 2.60. The zero-order valence-electron chi connectivity index (χ0n) is 12.9. The number of benzene rings is 1. The molecule has 1 aromatic carbocycles. The molecular weight excluding hydrogens is 316 g/mol. The molecule has 0 aliphatic carbocycles. The summed E-state index contributed by atoms with van der Waals surface area (Å²) in [6, 6.07) is 7.02. The number of ether oxygens (including phenoxy) is 1. The van der Waals surface area contributed by atoms with Gasteiger partial charge in [-0.3, -0.25) is 14.9 Å². The highest BCUT2D eigenvalue weighted by atomic mass is 16.6. The van der Waals surface area contributed by atoms with Crippen molar-refractivity contribution < 1.29 is 19.2 Å². The van der Waals surface area contributed by atoms with Crippen molar-refractivity contribution in [2.45, 2.75) is 12.8 Å². The Kier molecular flexibility index (Phi) is 6.86. The minimum Gasteiger partial charge on any atom is -0.465 e. The Hall–Kier alpha value is -3.46. The molecule has 1 aromatic rings. The summed E-state index contributed by atoms with van der Waals surface area (Å²) in [5.41, 5.74) is -0.641. The van der Waals surface area contributed by atoms with Crippen LogP contribution in [0.1, 0.15) is 33.6 Å². The third-order valence-corrected chi connectivity index (χ3v) is 3.07. The highest BCUT2D eigenvalue weighted by Crippen LogP contribution is 2.19. The summed E-state index contributed by atoms with van der Waals surface area (Å²) in [7, 11) is 1.12. The topological polar surface area (TPSA) is 137 Å². The second-order valence-corrected chi connectivity index (χ2v) is 4.63. The summed E-state index contributed by atoms with van der Waals surface area (Å²) in [6.45, 7) is 0.153. The third kappa shape index (κ3) is 4.78. The quantitative estimate of drug-likeness (QED) is 0.421. The van der Waals surface area contributed by atoms with Gasteiger partial charge < -0.3 is 9.64 Å². The fourth-order valence-electron chi connectivity index (χ4n) is 1.94. The third-order valence-electron chi connectivity index (χ3n) is 3.07. The van der Waals surface area contributed by atoms with E-state index in [1.165, 1.54) is 11.0 Å². The van der Waals surface area contributed by atoms with Crippen LogP contribution in [0, 0.1) is 32.8 Å². The standard InChI is InChI=1S/C15H14N4O5/c1-24-15(21)12-8-11(9-13(10-12)19(22)23)14(20)18(6-2-4-16)7-3-5-17/h8-10H,2-3,6-7H2,1H3. The van der Waals surface area contributed by atoms with Crippen LogP contribution in [0.2, 0.25) is 0 Å². The number of esters is 1. The van der Waals surface area contributed by atoms with Crippen LogP contribution in [-0.2, 0) is 4.74 Å². The normalized spacial score (nSPS) is 9.46. The molecule has 9 nitrogen and oxygen atoms in total. The monoisotopic (exact) mass is 330 g/mol. The average molecular weight is 330 g/mol. The summed E-state index contributed by atoms with van der Waals surface area (Å²) in [5, 5.41) is 28.3. The van der Waals surface area contributed by atoms with Gasteiger partial charge in [0, 0.05) is 30.8 Å². The van der Waals surface area contributed by atoms with Crippen LogP contribution in [0.5, 0.6) is 0 Å². The molecule has 0 aromatic heterocycles. The molecule has 0 aliphatic heterocycles. The van der Waals surface area contributed by atoms with Crippen molar-refractivity contribution in [1.29, 1.82) is 10.5 Å². The fourth-order valence-corrected chi connectivity index (χ4v) is 1.94. The van der Waals surface area contributed by atoms with E-state index in [1.807, 2.05) is 12.1 Å². The SMILES string of the molecule is COC(=O)c1cc(C(=O)N(CCC#N)CCC#N)cc([N+](=O)[O-])c1. The number of rotatable bonds is 7. The van der Waals surface area contributed by atoms with Gasteiger partial charge >= 0.3 is 5.97 Å². The molecule has 0 fully saturated rings. The van der Waals surface area contributed by atoms with Gasteiger partial charge in [0.05, 0.1) is 42.6 Å². The number of carbonyl (C=O) groups is 2. The molecule has 0 saturated heterocycles. The number of amides is 1. The van der Waals surface area contributed by atoms with E-state index in [4.69, 9.17) is 10.5 Å². The first kappa shape index (κ1) is 18.6. The smallest absolute Gasteiger partial charge is 0.338 e. The van der Waals surface area contributed by atoms with Crippen LogP contribution in [0.3, 0.4) is 0 Å². The van der Waals surface area contributed by atoms with Crippen LogP contribution < -0.4 is 0 Å². The van der Waals surface area contributed by atoms with Gasteiger partial charge in [0.2, 0.25) is 0 Å². The van der Waals surface area contributed by atoms with E-state index in [-0.39, 0.29) is 37.1 Å². The van der Waals surface area contributed by atoms with Gasteiger partial charge in [0.25, 0.3) is 11.6 Å². The summed E-state index contributed by atoms with van der Waals surface area (Å²) in [4.78, 5) is 35.7. The van der Waals surface area contributed by atoms with Gasteiger partial charge in [0.15, 0.2) is 0 Å². The Labute approximate surface area is 137 Å². The largest absolute Gasteiger partial charge is 0.465 e. The minimum atomic E-state index is -0.812. The molecule has 0 saturated carbocycles. The van der Waals surface area contributed by atoms with Crippen molar-refractivity contribution in [1.82, 2.24) is 4.90 Å². The second-order valence-electron chi connectivity index (χ2n) is 4.63. The molecule has 1 amide bonds. The highest BCUT2D eigenvalue weighted by Gasteiger charge is 2.21. The van der Waals surface area contributed by atoms with Crippen LogP contribution in [0.4, 0.5) is 5.69 Å². The fraction of sp³-hybridized carbons (Fsp3) is 0.333. The van der Waals surface area contributed by atoms with E-state index in [0.717, 1.165) is 19.2 Å². The molecule has 24 heavy (non-hydrogen) atoms. The summed E-state index contributed by atoms with van der Waals surface area (Å²) in [5.74, 6) is -1.41. The van der Waals surface area contributed by atoms with Gasteiger partial charge in [-0.25, -0.2) is 4.79 Å². The summed E-state index contributed by atoms with van der Waals surface area (Å²) < 4.78 is 4.52. The molecule has 0 aliphatic rings. The molecule has 0 bridgehead atoms.